The second kappa shape index (κ2) is 3.62. The molecule has 14 heavy (non-hydrogen) atoms. The Bertz CT molecular complexity index is 351. The van der Waals surface area contributed by atoms with Crippen molar-refractivity contribution in [3.8, 4) is 6.07 Å². The standard InChI is InChI=1S/C10H12N4/c1-2-7-3-9(7)14-10-6-12-8(4-11)5-13-10/h5-7,9H,2-3H2,1H3,(H,13,14). The van der Waals surface area contributed by atoms with Crippen molar-refractivity contribution in [1.82, 2.24) is 9.97 Å². The molecule has 0 aliphatic heterocycles. The van der Waals surface area contributed by atoms with E-state index in [9.17, 15) is 0 Å². The number of hydrogen-bond donors (Lipinski definition) is 1. The van der Waals surface area contributed by atoms with Gasteiger partial charge in [0.15, 0.2) is 5.69 Å². The first-order valence-electron chi connectivity index (χ1n) is 4.82. The number of hydrogen-bond acceptors (Lipinski definition) is 4. The number of aromatic nitrogens is 2. The third-order valence-corrected chi connectivity index (χ3v) is 2.55. The van der Waals surface area contributed by atoms with Gasteiger partial charge in [0.05, 0.1) is 12.4 Å². The largest absolute Gasteiger partial charge is 0.366 e. The Labute approximate surface area is 83.0 Å². The third-order valence-electron chi connectivity index (χ3n) is 2.55. The molecule has 4 heteroatoms. The van der Waals surface area contributed by atoms with Gasteiger partial charge in [-0.05, 0) is 12.3 Å². The van der Waals surface area contributed by atoms with Gasteiger partial charge >= 0.3 is 0 Å². The molecule has 1 heterocycles. The van der Waals surface area contributed by atoms with Gasteiger partial charge in [-0.1, -0.05) is 13.3 Å². The predicted molar refractivity (Wildman–Crippen MR) is 52.6 cm³/mol. The molecular formula is C10H12N4. The quantitative estimate of drug-likeness (QED) is 0.781. The smallest absolute Gasteiger partial charge is 0.158 e. The zero-order valence-electron chi connectivity index (χ0n) is 8.07. The van der Waals surface area contributed by atoms with E-state index in [4.69, 9.17) is 5.26 Å². The fourth-order valence-corrected chi connectivity index (χ4v) is 1.53. The van der Waals surface area contributed by atoms with Crippen molar-refractivity contribution >= 4 is 5.82 Å². The Balaban J connectivity index is 1.95. The van der Waals surface area contributed by atoms with Crippen LogP contribution >= 0.6 is 0 Å². The number of anilines is 1. The first kappa shape index (κ1) is 8.95. The summed E-state index contributed by atoms with van der Waals surface area (Å²) in [5.74, 6) is 1.55. The molecule has 0 radical (unpaired) electrons. The molecule has 0 saturated heterocycles. The SMILES string of the molecule is CCC1CC1Nc1cnc(C#N)cn1. The van der Waals surface area contributed by atoms with Crippen LogP contribution in [0.2, 0.25) is 0 Å². The summed E-state index contributed by atoms with van der Waals surface area (Å²) in [5, 5.41) is 11.8. The lowest BCUT2D eigenvalue weighted by Crippen LogP contribution is -2.06. The zero-order valence-corrected chi connectivity index (χ0v) is 8.07. The monoisotopic (exact) mass is 188 g/mol. The molecule has 0 aromatic carbocycles. The van der Waals surface area contributed by atoms with E-state index in [2.05, 4.69) is 22.2 Å². The van der Waals surface area contributed by atoms with Crippen LogP contribution in [-0.2, 0) is 0 Å². The molecule has 1 saturated carbocycles. The van der Waals surface area contributed by atoms with Crippen molar-refractivity contribution in [2.24, 2.45) is 5.92 Å². The van der Waals surface area contributed by atoms with Gasteiger partial charge in [0, 0.05) is 6.04 Å². The number of nitrogens with zero attached hydrogens (tertiary/aromatic N) is 3. The third kappa shape index (κ3) is 1.82. The van der Waals surface area contributed by atoms with Crippen LogP contribution in [0.3, 0.4) is 0 Å². The predicted octanol–water partition coefficient (Wildman–Crippen LogP) is 1.56. The van der Waals surface area contributed by atoms with Crippen molar-refractivity contribution in [1.29, 1.82) is 5.26 Å². The van der Waals surface area contributed by atoms with Crippen molar-refractivity contribution in [3.63, 3.8) is 0 Å². The first-order chi connectivity index (χ1) is 6.83. The highest BCUT2D eigenvalue weighted by Gasteiger charge is 2.35. The molecule has 0 bridgehead atoms. The van der Waals surface area contributed by atoms with Gasteiger partial charge < -0.3 is 5.32 Å². The number of nitrogens with one attached hydrogen (secondary N) is 1. The highest BCUT2D eigenvalue weighted by Crippen LogP contribution is 2.35. The zero-order chi connectivity index (χ0) is 9.97. The average molecular weight is 188 g/mol. The van der Waals surface area contributed by atoms with E-state index in [1.54, 1.807) is 6.20 Å². The lowest BCUT2D eigenvalue weighted by Gasteiger charge is -2.02. The fourth-order valence-electron chi connectivity index (χ4n) is 1.53. The van der Waals surface area contributed by atoms with Crippen LogP contribution in [0.25, 0.3) is 0 Å². The molecule has 72 valence electrons. The van der Waals surface area contributed by atoms with E-state index >= 15 is 0 Å². The molecular weight excluding hydrogens is 176 g/mol. The maximum Gasteiger partial charge on any atom is 0.158 e. The van der Waals surface area contributed by atoms with Crippen LogP contribution < -0.4 is 5.32 Å². The summed E-state index contributed by atoms with van der Waals surface area (Å²) in [5.41, 5.74) is 0.360. The molecule has 1 aliphatic rings. The van der Waals surface area contributed by atoms with E-state index in [0.717, 1.165) is 11.7 Å². The van der Waals surface area contributed by atoms with Crippen molar-refractivity contribution in [2.45, 2.75) is 25.8 Å². The van der Waals surface area contributed by atoms with Crippen molar-refractivity contribution in [3.05, 3.63) is 18.1 Å². The molecule has 1 aliphatic carbocycles. The highest BCUT2D eigenvalue weighted by atomic mass is 15.1. The van der Waals surface area contributed by atoms with Crippen LogP contribution in [0.5, 0.6) is 0 Å². The number of rotatable bonds is 3. The molecule has 2 rings (SSSR count). The summed E-state index contributed by atoms with van der Waals surface area (Å²) in [4.78, 5) is 8.05. The minimum Gasteiger partial charge on any atom is -0.366 e. The van der Waals surface area contributed by atoms with E-state index < -0.39 is 0 Å². The summed E-state index contributed by atoms with van der Waals surface area (Å²) < 4.78 is 0. The summed E-state index contributed by atoms with van der Waals surface area (Å²) in [6.45, 7) is 2.19. The molecule has 1 aromatic rings. The second-order valence-corrected chi connectivity index (χ2v) is 3.55. The first-order valence-corrected chi connectivity index (χ1v) is 4.82. The van der Waals surface area contributed by atoms with E-state index in [1.165, 1.54) is 19.0 Å². The van der Waals surface area contributed by atoms with Gasteiger partial charge in [0.2, 0.25) is 0 Å². The Morgan fingerprint density at radius 2 is 2.43 bits per heavy atom. The normalized spacial score (nSPS) is 24.0. The Hall–Kier alpha value is -1.63. The van der Waals surface area contributed by atoms with Crippen molar-refractivity contribution < 1.29 is 0 Å². The molecule has 2 unspecified atom stereocenters. The lowest BCUT2D eigenvalue weighted by molar-refractivity contribution is 0.773. The van der Waals surface area contributed by atoms with E-state index in [0.29, 0.717) is 11.7 Å². The van der Waals surface area contributed by atoms with Crippen LogP contribution in [0.15, 0.2) is 12.4 Å². The van der Waals surface area contributed by atoms with E-state index in [-0.39, 0.29) is 0 Å². The maximum absolute atomic E-state index is 8.53. The minimum absolute atomic E-state index is 0.360. The molecule has 2 atom stereocenters. The summed E-state index contributed by atoms with van der Waals surface area (Å²) in [6.07, 6.45) is 5.54. The lowest BCUT2D eigenvalue weighted by atomic mass is 10.3. The number of nitriles is 1. The van der Waals surface area contributed by atoms with Crippen LogP contribution in [0.1, 0.15) is 25.5 Å². The Kier molecular flexibility index (Phi) is 2.32. The molecule has 1 aromatic heterocycles. The van der Waals surface area contributed by atoms with Gasteiger partial charge in [-0.3, -0.25) is 0 Å². The average Bonchev–Trinajstić information content (AvgIpc) is 2.98. The van der Waals surface area contributed by atoms with Gasteiger partial charge in [-0.2, -0.15) is 5.26 Å². The molecule has 0 amide bonds. The van der Waals surface area contributed by atoms with Gasteiger partial charge in [-0.15, -0.1) is 0 Å². The summed E-state index contributed by atoms with van der Waals surface area (Å²) in [6, 6.07) is 2.50. The maximum atomic E-state index is 8.53. The minimum atomic E-state index is 0.360. The highest BCUT2D eigenvalue weighted by molar-refractivity contribution is 5.36. The topological polar surface area (TPSA) is 61.6 Å². The van der Waals surface area contributed by atoms with Crippen LogP contribution in [-0.4, -0.2) is 16.0 Å². The molecule has 1 fully saturated rings. The molecule has 0 spiro atoms. The van der Waals surface area contributed by atoms with Crippen molar-refractivity contribution in [2.75, 3.05) is 5.32 Å². The summed E-state index contributed by atoms with van der Waals surface area (Å²) in [7, 11) is 0. The van der Waals surface area contributed by atoms with Gasteiger partial charge in [-0.25, -0.2) is 9.97 Å². The van der Waals surface area contributed by atoms with Crippen LogP contribution in [0.4, 0.5) is 5.82 Å². The molecule has 4 nitrogen and oxygen atoms in total. The van der Waals surface area contributed by atoms with Gasteiger partial charge in [0.25, 0.3) is 0 Å². The molecule has 1 N–H and O–H groups in total. The summed E-state index contributed by atoms with van der Waals surface area (Å²) >= 11 is 0. The Morgan fingerprint density at radius 3 is 2.93 bits per heavy atom. The second-order valence-electron chi connectivity index (χ2n) is 3.55. The van der Waals surface area contributed by atoms with Crippen LogP contribution in [0, 0.1) is 17.2 Å². The van der Waals surface area contributed by atoms with Gasteiger partial charge in [0.1, 0.15) is 11.9 Å². The Morgan fingerprint density at radius 1 is 1.57 bits per heavy atom. The fraction of sp³-hybridized carbons (Fsp3) is 0.500. The van der Waals surface area contributed by atoms with E-state index in [1.807, 2.05) is 6.07 Å².